The minimum absolute atomic E-state index is 0.0976. The first kappa shape index (κ1) is 19.5. The van der Waals surface area contributed by atoms with Crippen molar-refractivity contribution in [3.8, 4) is 5.75 Å². The molecule has 3 heterocycles. The maximum atomic E-state index is 12.5. The minimum atomic E-state index is -0.0976. The first-order valence-corrected chi connectivity index (χ1v) is 10.1. The average Bonchev–Trinajstić information content (AvgIpc) is 3.35. The minimum Gasteiger partial charge on any atom is -0.489 e. The Morgan fingerprint density at radius 1 is 1.21 bits per heavy atom. The van der Waals surface area contributed by atoms with Crippen molar-refractivity contribution in [3.05, 3.63) is 66.1 Å². The second kappa shape index (κ2) is 7.87. The summed E-state index contributed by atoms with van der Waals surface area (Å²) in [4.78, 5) is 19.2. The van der Waals surface area contributed by atoms with E-state index in [0.29, 0.717) is 12.1 Å². The highest BCUT2D eigenvalue weighted by molar-refractivity contribution is 5.94. The second-order valence-electron chi connectivity index (χ2n) is 8.58. The van der Waals surface area contributed by atoms with E-state index in [2.05, 4.69) is 36.0 Å². The lowest BCUT2D eigenvalue weighted by atomic mass is 10.1. The van der Waals surface area contributed by atoms with Crippen molar-refractivity contribution < 1.29 is 9.53 Å². The molecule has 2 aromatic heterocycles. The molecule has 1 atom stereocenters. The number of amides is 1. The number of ether oxygens (including phenoxy) is 1. The number of imidazole rings is 1. The Bertz CT molecular complexity index is 988. The summed E-state index contributed by atoms with van der Waals surface area (Å²) in [6.45, 7) is 9.15. The van der Waals surface area contributed by atoms with Gasteiger partial charge in [-0.1, -0.05) is 0 Å². The molecule has 0 radical (unpaired) electrons. The zero-order chi connectivity index (χ0) is 20.4. The van der Waals surface area contributed by atoms with E-state index in [0.717, 1.165) is 36.5 Å². The van der Waals surface area contributed by atoms with Gasteiger partial charge in [0.15, 0.2) is 0 Å². The maximum absolute atomic E-state index is 12.5. The highest BCUT2D eigenvalue weighted by Crippen LogP contribution is 2.24. The van der Waals surface area contributed by atoms with Crippen LogP contribution in [0.5, 0.6) is 5.75 Å². The van der Waals surface area contributed by atoms with E-state index in [1.54, 1.807) is 6.20 Å². The first-order valence-electron chi connectivity index (χ1n) is 10.1. The van der Waals surface area contributed by atoms with Gasteiger partial charge in [-0.05, 0) is 69.2 Å². The van der Waals surface area contributed by atoms with Crippen molar-refractivity contribution in [1.82, 2.24) is 19.6 Å². The van der Waals surface area contributed by atoms with Crippen molar-refractivity contribution in [2.24, 2.45) is 0 Å². The van der Waals surface area contributed by atoms with Gasteiger partial charge in [-0.25, -0.2) is 4.98 Å². The normalized spacial score (nSPS) is 17.6. The Kier molecular flexibility index (Phi) is 5.28. The standard InChI is InChI=1S/C23H28N4O2/c1-23(2,3)27-12-9-20(16-27)29-19-6-4-18(5-7-19)22(28)25-15-17-8-11-26-13-10-24-21(26)14-17/h4-8,10-11,13-14,20H,9,12,15-16H2,1-3H3,(H,25,28)/t20-/m0/s1. The summed E-state index contributed by atoms with van der Waals surface area (Å²) in [5.41, 5.74) is 2.68. The number of carbonyl (C=O) groups excluding carboxylic acids is 1. The van der Waals surface area contributed by atoms with Gasteiger partial charge in [0.2, 0.25) is 0 Å². The lowest BCUT2D eigenvalue weighted by Crippen LogP contribution is -2.40. The van der Waals surface area contributed by atoms with Gasteiger partial charge in [-0.3, -0.25) is 9.69 Å². The van der Waals surface area contributed by atoms with Crippen LogP contribution in [0, 0.1) is 0 Å². The summed E-state index contributed by atoms with van der Waals surface area (Å²) in [6.07, 6.45) is 6.83. The summed E-state index contributed by atoms with van der Waals surface area (Å²) >= 11 is 0. The monoisotopic (exact) mass is 392 g/mol. The van der Waals surface area contributed by atoms with Crippen molar-refractivity contribution in [2.75, 3.05) is 13.1 Å². The van der Waals surface area contributed by atoms with Crippen molar-refractivity contribution in [2.45, 2.75) is 45.4 Å². The van der Waals surface area contributed by atoms with E-state index in [1.807, 2.05) is 53.2 Å². The van der Waals surface area contributed by atoms with Gasteiger partial charge in [-0.15, -0.1) is 0 Å². The highest BCUT2D eigenvalue weighted by atomic mass is 16.5. The summed E-state index contributed by atoms with van der Waals surface area (Å²) in [6, 6.07) is 11.3. The summed E-state index contributed by atoms with van der Waals surface area (Å²) < 4.78 is 8.05. The Morgan fingerprint density at radius 2 is 2.00 bits per heavy atom. The molecule has 6 heteroatoms. The Morgan fingerprint density at radius 3 is 2.72 bits per heavy atom. The number of likely N-dealkylation sites (tertiary alicyclic amines) is 1. The number of hydrogen-bond donors (Lipinski definition) is 1. The number of aromatic nitrogens is 2. The van der Waals surface area contributed by atoms with E-state index in [-0.39, 0.29) is 17.6 Å². The number of nitrogens with one attached hydrogen (secondary N) is 1. The first-order chi connectivity index (χ1) is 13.9. The fourth-order valence-electron chi connectivity index (χ4n) is 3.66. The van der Waals surface area contributed by atoms with Crippen LogP contribution in [0.25, 0.3) is 5.65 Å². The van der Waals surface area contributed by atoms with Crippen LogP contribution in [-0.4, -0.2) is 44.9 Å². The predicted molar refractivity (Wildman–Crippen MR) is 113 cm³/mol. The van der Waals surface area contributed by atoms with E-state index < -0.39 is 0 Å². The number of pyridine rings is 1. The molecule has 0 unspecified atom stereocenters. The lowest BCUT2D eigenvalue weighted by molar-refractivity contribution is 0.0950. The number of carbonyl (C=O) groups is 1. The van der Waals surface area contributed by atoms with Gasteiger partial charge in [0.1, 0.15) is 17.5 Å². The molecule has 1 amide bonds. The highest BCUT2D eigenvalue weighted by Gasteiger charge is 2.31. The molecule has 1 fully saturated rings. The second-order valence-corrected chi connectivity index (χ2v) is 8.58. The molecule has 1 saturated heterocycles. The molecule has 0 spiro atoms. The number of fused-ring (bicyclic) bond motifs is 1. The van der Waals surface area contributed by atoms with Crippen molar-refractivity contribution in [3.63, 3.8) is 0 Å². The molecule has 0 aliphatic carbocycles. The smallest absolute Gasteiger partial charge is 0.251 e. The van der Waals surface area contributed by atoms with Gasteiger partial charge < -0.3 is 14.5 Å². The molecule has 3 aromatic rings. The van der Waals surface area contributed by atoms with Crippen LogP contribution in [0.4, 0.5) is 0 Å². The number of benzene rings is 1. The van der Waals surface area contributed by atoms with Crippen LogP contribution in [0.2, 0.25) is 0 Å². The third-order valence-electron chi connectivity index (χ3n) is 5.43. The number of rotatable bonds is 5. The molecule has 1 N–H and O–H groups in total. The van der Waals surface area contributed by atoms with E-state index in [9.17, 15) is 4.79 Å². The van der Waals surface area contributed by atoms with Crippen LogP contribution in [0.3, 0.4) is 0 Å². The molecule has 152 valence electrons. The van der Waals surface area contributed by atoms with Gasteiger partial charge in [0.05, 0.1) is 0 Å². The molecule has 0 saturated carbocycles. The van der Waals surface area contributed by atoms with Crippen LogP contribution in [-0.2, 0) is 6.54 Å². The van der Waals surface area contributed by atoms with Gasteiger partial charge in [0, 0.05) is 49.3 Å². The van der Waals surface area contributed by atoms with Crippen molar-refractivity contribution in [1.29, 1.82) is 0 Å². The summed E-state index contributed by atoms with van der Waals surface area (Å²) in [5.74, 6) is 0.714. The summed E-state index contributed by atoms with van der Waals surface area (Å²) in [7, 11) is 0. The molecule has 1 aliphatic rings. The number of hydrogen-bond acceptors (Lipinski definition) is 4. The predicted octanol–water partition coefficient (Wildman–Crippen LogP) is 3.52. The van der Waals surface area contributed by atoms with Gasteiger partial charge in [-0.2, -0.15) is 0 Å². The molecule has 6 nitrogen and oxygen atoms in total. The molecular weight excluding hydrogens is 364 g/mol. The Balaban J connectivity index is 1.31. The lowest BCUT2D eigenvalue weighted by Gasteiger charge is -2.31. The van der Waals surface area contributed by atoms with E-state index >= 15 is 0 Å². The van der Waals surface area contributed by atoms with Crippen LogP contribution >= 0.6 is 0 Å². The molecule has 0 bridgehead atoms. The SMILES string of the molecule is CC(C)(C)N1CC[C@H](Oc2ccc(C(=O)NCc3ccn4ccnc4c3)cc2)C1. The quantitative estimate of drug-likeness (QED) is 0.722. The van der Waals surface area contributed by atoms with Gasteiger partial charge in [0.25, 0.3) is 5.91 Å². The Hall–Kier alpha value is -2.86. The molecule has 4 rings (SSSR count). The Labute approximate surface area is 171 Å². The van der Waals surface area contributed by atoms with E-state index in [1.165, 1.54) is 0 Å². The van der Waals surface area contributed by atoms with Crippen molar-refractivity contribution >= 4 is 11.6 Å². The number of nitrogens with zero attached hydrogens (tertiary/aromatic N) is 3. The molecule has 29 heavy (non-hydrogen) atoms. The van der Waals surface area contributed by atoms with Gasteiger partial charge >= 0.3 is 0 Å². The van der Waals surface area contributed by atoms with Crippen LogP contribution in [0.15, 0.2) is 55.0 Å². The maximum Gasteiger partial charge on any atom is 0.251 e. The summed E-state index contributed by atoms with van der Waals surface area (Å²) in [5, 5.41) is 2.96. The van der Waals surface area contributed by atoms with Crippen LogP contribution in [0.1, 0.15) is 43.1 Å². The fourth-order valence-corrected chi connectivity index (χ4v) is 3.66. The fraction of sp³-hybridized carbons (Fsp3) is 0.391. The topological polar surface area (TPSA) is 58.9 Å². The third kappa shape index (κ3) is 4.59. The average molecular weight is 393 g/mol. The molecule has 1 aliphatic heterocycles. The van der Waals surface area contributed by atoms with E-state index in [4.69, 9.17) is 4.74 Å². The zero-order valence-corrected chi connectivity index (χ0v) is 17.3. The third-order valence-corrected chi connectivity index (χ3v) is 5.43. The largest absolute Gasteiger partial charge is 0.489 e. The molecular formula is C23H28N4O2. The zero-order valence-electron chi connectivity index (χ0n) is 17.3. The van der Waals surface area contributed by atoms with Crippen LogP contribution < -0.4 is 10.1 Å². The molecule has 1 aromatic carbocycles.